The van der Waals surface area contributed by atoms with E-state index in [4.69, 9.17) is 4.74 Å². The largest absolute Gasteiger partial charge is 0.381 e. The number of carbonyl (C=O) groups is 3. The molecule has 1 N–H and O–H groups in total. The molecule has 7 nitrogen and oxygen atoms in total. The Morgan fingerprint density at radius 2 is 2.15 bits per heavy atom. The van der Waals surface area contributed by atoms with Crippen LogP contribution in [0, 0.1) is 16.7 Å². The molecular weight excluding hydrogens is 262 g/mol. The van der Waals surface area contributed by atoms with Crippen molar-refractivity contribution >= 4 is 17.7 Å². The van der Waals surface area contributed by atoms with E-state index in [0.29, 0.717) is 32.5 Å². The highest BCUT2D eigenvalue weighted by atomic mass is 16.5. The number of nitriles is 1. The second-order valence-corrected chi connectivity index (χ2v) is 5.08. The third-order valence-electron chi connectivity index (χ3n) is 3.87. The Balaban J connectivity index is 2.27. The lowest BCUT2D eigenvalue weighted by Gasteiger charge is -2.39. The fraction of sp³-hybridized carbons (Fsp3) is 0.692. The third-order valence-corrected chi connectivity index (χ3v) is 3.87. The average molecular weight is 279 g/mol. The highest BCUT2D eigenvalue weighted by molar-refractivity contribution is 6.05. The number of carbonyl (C=O) groups excluding carboxylic acids is 3. The molecule has 2 aliphatic rings. The lowest BCUT2D eigenvalue weighted by atomic mass is 9.79. The normalized spacial score (nSPS) is 25.8. The van der Waals surface area contributed by atoms with E-state index in [9.17, 15) is 19.6 Å². The predicted molar refractivity (Wildman–Crippen MR) is 67.0 cm³/mol. The molecule has 0 aromatic rings. The van der Waals surface area contributed by atoms with Crippen LogP contribution in [0.2, 0.25) is 0 Å². The Hall–Kier alpha value is -1.94. The quantitative estimate of drug-likeness (QED) is 0.691. The molecule has 0 aliphatic carbocycles. The van der Waals surface area contributed by atoms with Gasteiger partial charge in [0.05, 0.1) is 6.07 Å². The van der Waals surface area contributed by atoms with E-state index < -0.39 is 29.2 Å². The first-order chi connectivity index (χ1) is 9.54. The van der Waals surface area contributed by atoms with Gasteiger partial charge in [0.1, 0.15) is 18.0 Å². The maximum absolute atomic E-state index is 12.7. The van der Waals surface area contributed by atoms with Gasteiger partial charge >= 0.3 is 0 Å². The van der Waals surface area contributed by atoms with Crippen molar-refractivity contribution in [2.75, 3.05) is 19.8 Å². The minimum atomic E-state index is -1.18. The van der Waals surface area contributed by atoms with Crippen molar-refractivity contribution in [3.8, 4) is 6.07 Å². The Morgan fingerprint density at radius 3 is 2.70 bits per heavy atom. The van der Waals surface area contributed by atoms with Gasteiger partial charge in [-0.2, -0.15) is 5.26 Å². The zero-order chi connectivity index (χ0) is 14.8. The van der Waals surface area contributed by atoms with E-state index in [1.807, 2.05) is 0 Å². The van der Waals surface area contributed by atoms with Crippen LogP contribution in [-0.2, 0) is 19.1 Å². The molecule has 0 spiro atoms. The topological polar surface area (TPSA) is 99.5 Å². The first-order valence-electron chi connectivity index (χ1n) is 6.68. The van der Waals surface area contributed by atoms with E-state index >= 15 is 0 Å². The smallest absolute Gasteiger partial charge is 0.249 e. The SMILES string of the molecule is CCC1C(=O)NC(=O)CN1C(=O)C1(C#N)CCOCC1. The van der Waals surface area contributed by atoms with Gasteiger partial charge in [-0.3, -0.25) is 19.7 Å². The number of ether oxygens (including phenoxy) is 1. The van der Waals surface area contributed by atoms with Crippen molar-refractivity contribution in [2.24, 2.45) is 5.41 Å². The van der Waals surface area contributed by atoms with Gasteiger partial charge in [-0.05, 0) is 19.3 Å². The standard InChI is InChI=1S/C13H17N3O4/c1-2-9-11(18)15-10(17)7-16(9)12(19)13(8-14)3-5-20-6-4-13/h9H,2-7H2,1H3,(H,15,17,18). The monoisotopic (exact) mass is 279 g/mol. The Labute approximate surface area is 116 Å². The number of nitrogens with zero attached hydrogens (tertiary/aromatic N) is 2. The Kier molecular flexibility index (Phi) is 4.04. The second kappa shape index (κ2) is 5.59. The summed E-state index contributed by atoms with van der Waals surface area (Å²) in [5.74, 6) is -1.41. The van der Waals surface area contributed by atoms with Crippen LogP contribution in [0.1, 0.15) is 26.2 Å². The first kappa shape index (κ1) is 14.5. The molecule has 0 saturated carbocycles. The number of imide groups is 1. The van der Waals surface area contributed by atoms with Gasteiger partial charge in [0.25, 0.3) is 0 Å². The van der Waals surface area contributed by atoms with E-state index in [1.165, 1.54) is 4.90 Å². The van der Waals surface area contributed by atoms with E-state index in [2.05, 4.69) is 11.4 Å². The lowest BCUT2D eigenvalue weighted by molar-refractivity contribution is -0.156. The van der Waals surface area contributed by atoms with Crippen molar-refractivity contribution in [1.82, 2.24) is 10.2 Å². The number of amides is 3. The van der Waals surface area contributed by atoms with Gasteiger partial charge < -0.3 is 9.64 Å². The van der Waals surface area contributed by atoms with E-state index in [1.54, 1.807) is 6.92 Å². The van der Waals surface area contributed by atoms with Crippen LogP contribution < -0.4 is 5.32 Å². The molecule has 3 amide bonds. The highest BCUT2D eigenvalue weighted by Crippen LogP contribution is 2.33. The number of rotatable bonds is 2. The maximum atomic E-state index is 12.7. The summed E-state index contributed by atoms with van der Waals surface area (Å²) in [5, 5.41) is 11.6. The van der Waals surface area contributed by atoms with Gasteiger partial charge in [0, 0.05) is 13.2 Å². The van der Waals surface area contributed by atoms with Crippen LogP contribution in [0.4, 0.5) is 0 Å². The minimum Gasteiger partial charge on any atom is -0.381 e. The van der Waals surface area contributed by atoms with Crippen molar-refractivity contribution in [3.05, 3.63) is 0 Å². The van der Waals surface area contributed by atoms with Gasteiger partial charge in [-0.1, -0.05) is 6.92 Å². The Morgan fingerprint density at radius 1 is 1.50 bits per heavy atom. The van der Waals surface area contributed by atoms with Gasteiger partial charge in [0.2, 0.25) is 17.7 Å². The fourth-order valence-electron chi connectivity index (χ4n) is 2.65. The van der Waals surface area contributed by atoms with Gasteiger partial charge in [-0.25, -0.2) is 0 Å². The molecule has 0 aromatic heterocycles. The summed E-state index contributed by atoms with van der Waals surface area (Å²) in [4.78, 5) is 37.2. The Bertz CT molecular complexity index is 476. The number of hydrogen-bond donors (Lipinski definition) is 1. The summed E-state index contributed by atoms with van der Waals surface area (Å²) in [6.07, 6.45) is 0.999. The summed E-state index contributed by atoms with van der Waals surface area (Å²) < 4.78 is 5.19. The molecule has 2 heterocycles. The van der Waals surface area contributed by atoms with Crippen LogP contribution in [-0.4, -0.2) is 48.4 Å². The fourth-order valence-corrected chi connectivity index (χ4v) is 2.65. The zero-order valence-electron chi connectivity index (χ0n) is 11.3. The first-order valence-corrected chi connectivity index (χ1v) is 6.68. The van der Waals surface area contributed by atoms with Crippen molar-refractivity contribution < 1.29 is 19.1 Å². The van der Waals surface area contributed by atoms with Crippen LogP contribution >= 0.6 is 0 Å². The molecule has 1 unspecified atom stereocenters. The molecule has 0 radical (unpaired) electrons. The molecule has 2 fully saturated rings. The van der Waals surface area contributed by atoms with Crippen LogP contribution in [0.15, 0.2) is 0 Å². The number of piperazine rings is 1. The predicted octanol–water partition coefficient (Wildman–Crippen LogP) is -0.430. The molecule has 0 aromatic carbocycles. The van der Waals surface area contributed by atoms with E-state index in [-0.39, 0.29) is 6.54 Å². The molecule has 7 heteroatoms. The summed E-state index contributed by atoms with van der Waals surface area (Å²) in [5.41, 5.74) is -1.18. The summed E-state index contributed by atoms with van der Waals surface area (Å²) in [6, 6.07) is 1.39. The van der Waals surface area contributed by atoms with E-state index in [0.717, 1.165) is 0 Å². The average Bonchev–Trinajstić information content (AvgIpc) is 2.46. The molecule has 20 heavy (non-hydrogen) atoms. The molecule has 0 bridgehead atoms. The minimum absolute atomic E-state index is 0.173. The maximum Gasteiger partial charge on any atom is 0.249 e. The second-order valence-electron chi connectivity index (χ2n) is 5.08. The summed E-state index contributed by atoms with van der Waals surface area (Å²) >= 11 is 0. The third kappa shape index (κ3) is 2.39. The highest BCUT2D eigenvalue weighted by Gasteiger charge is 2.47. The molecule has 1 atom stereocenters. The molecule has 108 valence electrons. The molecule has 2 rings (SSSR count). The number of nitrogens with one attached hydrogen (secondary N) is 1. The zero-order valence-corrected chi connectivity index (χ0v) is 11.3. The lowest BCUT2D eigenvalue weighted by Crippen LogP contribution is -2.62. The summed E-state index contributed by atoms with van der Waals surface area (Å²) in [7, 11) is 0. The van der Waals surface area contributed by atoms with Gasteiger partial charge in [-0.15, -0.1) is 0 Å². The van der Waals surface area contributed by atoms with Crippen molar-refractivity contribution in [1.29, 1.82) is 5.26 Å². The molecule has 2 aliphatic heterocycles. The summed E-state index contributed by atoms with van der Waals surface area (Å²) in [6.45, 7) is 2.27. The molecular formula is C13H17N3O4. The molecule has 2 saturated heterocycles. The number of hydrogen-bond acceptors (Lipinski definition) is 5. The van der Waals surface area contributed by atoms with Crippen LogP contribution in [0.3, 0.4) is 0 Å². The van der Waals surface area contributed by atoms with Crippen molar-refractivity contribution in [3.63, 3.8) is 0 Å². The van der Waals surface area contributed by atoms with Crippen molar-refractivity contribution in [2.45, 2.75) is 32.2 Å². The van der Waals surface area contributed by atoms with Crippen LogP contribution in [0.25, 0.3) is 0 Å². The van der Waals surface area contributed by atoms with Gasteiger partial charge in [0.15, 0.2) is 0 Å². The van der Waals surface area contributed by atoms with Crippen LogP contribution in [0.5, 0.6) is 0 Å².